The summed E-state index contributed by atoms with van der Waals surface area (Å²) in [7, 11) is 0. The van der Waals surface area contributed by atoms with Gasteiger partial charge in [0.25, 0.3) is 0 Å². The maximum absolute atomic E-state index is 6.20. The van der Waals surface area contributed by atoms with E-state index < -0.39 is 0 Å². The summed E-state index contributed by atoms with van der Waals surface area (Å²) in [4.78, 5) is 4.75. The number of ether oxygens (including phenoxy) is 2. The van der Waals surface area contributed by atoms with E-state index in [2.05, 4.69) is 40.9 Å². The number of aromatic nitrogens is 1. The second-order valence-electron chi connectivity index (χ2n) is 7.81. The van der Waals surface area contributed by atoms with Gasteiger partial charge < -0.3 is 24.6 Å². The van der Waals surface area contributed by atoms with Gasteiger partial charge in [0, 0.05) is 30.2 Å². The molecule has 3 aromatic rings. The largest absolute Gasteiger partial charge is 0.488 e. The van der Waals surface area contributed by atoms with Crippen molar-refractivity contribution in [2.24, 2.45) is 4.99 Å². The fraction of sp³-hybridized carbons (Fsp3) is 0.360. The summed E-state index contributed by atoms with van der Waals surface area (Å²) in [5.41, 5.74) is 4.03. The molecule has 8 heteroatoms. The molecule has 1 aliphatic rings. The van der Waals surface area contributed by atoms with Gasteiger partial charge in [-0.3, -0.25) is 0 Å². The normalized spacial score (nSPS) is 15.7. The Kier molecular flexibility index (Phi) is 9.56. The topological polar surface area (TPSA) is 80.9 Å². The lowest BCUT2D eigenvalue weighted by Gasteiger charge is -2.16. The van der Waals surface area contributed by atoms with Crippen molar-refractivity contribution in [3.05, 3.63) is 71.4 Å². The molecule has 0 spiro atoms. The highest BCUT2D eigenvalue weighted by Gasteiger charge is 2.18. The van der Waals surface area contributed by atoms with E-state index in [0.717, 1.165) is 53.5 Å². The van der Waals surface area contributed by atoms with E-state index in [9.17, 15) is 0 Å². The minimum absolute atomic E-state index is 0. The molecule has 0 amide bonds. The summed E-state index contributed by atoms with van der Waals surface area (Å²) in [5, 5.41) is 10.8. The number of halogens is 1. The summed E-state index contributed by atoms with van der Waals surface area (Å²) in [6.45, 7) is 7.29. The van der Waals surface area contributed by atoms with Crippen molar-refractivity contribution in [3.63, 3.8) is 0 Å². The van der Waals surface area contributed by atoms with E-state index in [1.54, 1.807) is 0 Å². The van der Waals surface area contributed by atoms with Crippen molar-refractivity contribution in [1.29, 1.82) is 0 Å². The van der Waals surface area contributed by atoms with Crippen molar-refractivity contribution in [2.45, 2.75) is 39.5 Å². The Morgan fingerprint density at radius 2 is 2.00 bits per heavy atom. The van der Waals surface area contributed by atoms with Gasteiger partial charge in [0.1, 0.15) is 17.5 Å². The van der Waals surface area contributed by atoms with E-state index in [1.165, 1.54) is 0 Å². The van der Waals surface area contributed by atoms with Crippen LogP contribution in [0.25, 0.3) is 11.3 Å². The molecule has 0 saturated carbocycles. The fourth-order valence-corrected chi connectivity index (χ4v) is 3.50. The first kappa shape index (κ1) is 25.0. The van der Waals surface area contributed by atoms with Crippen LogP contribution in [-0.2, 0) is 17.8 Å². The summed E-state index contributed by atoms with van der Waals surface area (Å²) in [5.74, 6) is 2.35. The predicted molar refractivity (Wildman–Crippen MR) is 140 cm³/mol. The molecule has 0 radical (unpaired) electrons. The lowest BCUT2D eigenvalue weighted by molar-refractivity contribution is 0.140. The monoisotopic (exact) mass is 562 g/mol. The van der Waals surface area contributed by atoms with Gasteiger partial charge in [-0.2, -0.15) is 0 Å². The van der Waals surface area contributed by atoms with Crippen molar-refractivity contribution in [1.82, 2.24) is 15.8 Å². The van der Waals surface area contributed by atoms with Crippen molar-refractivity contribution in [2.75, 3.05) is 19.8 Å². The minimum Gasteiger partial charge on any atom is -0.488 e. The van der Waals surface area contributed by atoms with Gasteiger partial charge >= 0.3 is 0 Å². The van der Waals surface area contributed by atoms with Gasteiger partial charge in [0.05, 0.1) is 26.3 Å². The number of rotatable bonds is 8. The molecule has 7 nitrogen and oxygen atoms in total. The third-order valence-electron chi connectivity index (χ3n) is 5.21. The first-order valence-corrected chi connectivity index (χ1v) is 11.1. The zero-order chi connectivity index (χ0) is 22.2. The summed E-state index contributed by atoms with van der Waals surface area (Å²) in [6, 6.07) is 18.1. The number of hydrogen-bond donors (Lipinski definition) is 2. The zero-order valence-electron chi connectivity index (χ0n) is 19.0. The van der Waals surface area contributed by atoms with Gasteiger partial charge in [0.2, 0.25) is 0 Å². The van der Waals surface area contributed by atoms with Crippen LogP contribution in [-0.4, -0.2) is 37.0 Å². The highest BCUT2D eigenvalue weighted by Crippen LogP contribution is 2.24. The number of benzene rings is 2. The van der Waals surface area contributed by atoms with E-state index in [4.69, 9.17) is 19.0 Å². The van der Waals surface area contributed by atoms with Gasteiger partial charge in [-0.1, -0.05) is 47.6 Å². The van der Waals surface area contributed by atoms with Crippen LogP contribution >= 0.6 is 24.0 Å². The molecule has 0 bridgehead atoms. The standard InChI is InChI=1S/C25H30N4O3.HI/c1-3-26-25(28-16-21-14-24(32-29-21)19-7-5-4-6-8-19)27-15-20-10-9-18(2)13-23(20)31-22-11-12-30-17-22;/h4-10,13-14,22H,3,11-12,15-17H2,1-2H3,(H2,26,27,28);1H. The van der Waals surface area contributed by atoms with E-state index in [-0.39, 0.29) is 30.1 Å². The van der Waals surface area contributed by atoms with E-state index >= 15 is 0 Å². The number of nitrogens with one attached hydrogen (secondary N) is 2. The quantitative estimate of drug-likeness (QED) is 0.236. The van der Waals surface area contributed by atoms with Crippen molar-refractivity contribution in [3.8, 4) is 17.1 Å². The van der Waals surface area contributed by atoms with Crippen LogP contribution in [0.3, 0.4) is 0 Å². The highest BCUT2D eigenvalue weighted by molar-refractivity contribution is 14.0. The average molecular weight is 562 g/mol. The second-order valence-corrected chi connectivity index (χ2v) is 7.81. The molecule has 1 aliphatic heterocycles. The van der Waals surface area contributed by atoms with Crippen LogP contribution < -0.4 is 15.4 Å². The average Bonchev–Trinajstić information content (AvgIpc) is 3.50. The first-order valence-electron chi connectivity index (χ1n) is 11.1. The maximum atomic E-state index is 6.20. The Balaban J connectivity index is 0.00000306. The van der Waals surface area contributed by atoms with Gasteiger partial charge in [-0.05, 0) is 25.5 Å². The number of guanidine groups is 1. The van der Waals surface area contributed by atoms with E-state index in [1.807, 2.05) is 43.3 Å². The molecule has 1 atom stereocenters. The molecule has 0 aliphatic carbocycles. The summed E-state index contributed by atoms with van der Waals surface area (Å²) < 4.78 is 17.1. The number of hydrogen-bond acceptors (Lipinski definition) is 5. The smallest absolute Gasteiger partial charge is 0.191 e. The molecule has 4 rings (SSSR count). The number of aliphatic imine (C=N–C) groups is 1. The fourth-order valence-electron chi connectivity index (χ4n) is 3.50. The van der Waals surface area contributed by atoms with Crippen LogP contribution in [0.2, 0.25) is 0 Å². The third kappa shape index (κ3) is 7.20. The lowest BCUT2D eigenvalue weighted by Crippen LogP contribution is -2.36. The summed E-state index contributed by atoms with van der Waals surface area (Å²) >= 11 is 0. The first-order chi connectivity index (χ1) is 15.7. The molecular formula is C25H31IN4O3. The lowest BCUT2D eigenvalue weighted by atomic mass is 10.1. The number of nitrogens with zero attached hydrogens (tertiary/aromatic N) is 2. The maximum Gasteiger partial charge on any atom is 0.191 e. The zero-order valence-corrected chi connectivity index (χ0v) is 21.4. The van der Waals surface area contributed by atoms with Crippen LogP contribution in [0.1, 0.15) is 30.2 Å². The van der Waals surface area contributed by atoms with Gasteiger partial charge in [-0.15, -0.1) is 24.0 Å². The molecule has 33 heavy (non-hydrogen) atoms. The molecule has 1 fully saturated rings. The Morgan fingerprint density at radius 3 is 2.76 bits per heavy atom. The Labute approximate surface area is 212 Å². The van der Waals surface area contributed by atoms with Crippen LogP contribution in [0.15, 0.2) is 64.1 Å². The van der Waals surface area contributed by atoms with Crippen LogP contribution in [0, 0.1) is 6.92 Å². The molecule has 2 heterocycles. The predicted octanol–water partition coefficient (Wildman–Crippen LogP) is 4.69. The molecule has 1 aromatic heterocycles. The van der Waals surface area contributed by atoms with Gasteiger partial charge in [0.15, 0.2) is 11.7 Å². The SMILES string of the molecule is CCNC(=NCc1ccc(C)cc1OC1CCOC1)NCc1cc(-c2ccccc2)on1.I. The summed E-state index contributed by atoms with van der Waals surface area (Å²) in [6.07, 6.45) is 1.03. The molecule has 1 unspecified atom stereocenters. The van der Waals surface area contributed by atoms with Gasteiger partial charge in [-0.25, -0.2) is 4.99 Å². The van der Waals surface area contributed by atoms with Crippen molar-refractivity contribution < 1.29 is 14.0 Å². The molecule has 2 N–H and O–H groups in total. The van der Waals surface area contributed by atoms with Crippen LogP contribution in [0.5, 0.6) is 5.75 Å². The molecule has 1 saturated heterocycles. The second kappa shape index (κ2) is 12.6. The van der Waals surface area contributed by atoms with Crippen molar-refractivity contribution >= 4 is 29.9 Å². The Morgan fingerprint density at radius 1 is 1.15 bits per heavy atom. The molecular weight excluding hydrogens is 531 g/mol. The van der Waals surface area contributed by atoms with Crippen LogP contribution in [0.4, 0.5) is 0 Å². The molecule has 2 aromatic carbocycles. The minimum atomic E-state index is 0. The molecule has 176 valence electrons. The third-order valence-corrected chi connectivity index (χ3v) is 5.21. The Hall–Kier alpha value is -2.59. The highest BCUT2D eigenvalue weighted by atomic mass is 127. The number of aryl methyl sites for hydroxylation is 1. The Bertz CT molecular complexity index is 1030. The van der Waals surface area contributed by atoms with E-state index in [0.29, 0.717) is 25.7 Å².